The monoisotopic (exact) mass is 259 g/mol. The van der Waals surface area contributed by atoms with E-state index in [-0.39, 0.29) is 12.5 Å². The van der Waals surface area contributed by atoms with Crippen LogP contribution in [0.1, 0.15) is 28.5 Å². The van der Waals surface area contributed by atoms with Gasteiger partial charge in [-0.05, 0) is 12.5 Å². The maximum absolute atomic E-state index is 12.2. The summed E-state index contributed by atoms with van der Waals surface area (Å²) in [6, 6.07) is 7.19. The maximum atomic E-state index is 12.2. The van der Waals surface area contributed by atoms with Crippen molar-refractivity contribution in [1.82, 2.24) is 9.78 Å². The van der Waals surface area contributed by atoms with Crippen LogP contribution in [0.3, 0.4) is 0 Å². The highest BCUT2D eigenvalue weighted by molar-refractivity contribution is 6.05. The molecule has 5 nitrogen and oxygen atoms in total. The molecule has 0 aliphatic heterocycles. The van der Waals surface area contributed by atoms with E-state index in [4.69, 9.17) is 0 Å². The molecule has 1 heterocycles. The summed E-state index contributed by atoms with van der Waals surface area (Å²) in [6.07, 6.45) is 2.40. The average Bonchev–Trinajstić information content (AvgIpc) is 2.80. The van der Waals surface area contributed by atoms with Crippen molar-refractivity contribution in [2.75, 3.05) is 5.32 Å². The number of carbonyl (C=O) groups is 1. The maximum Gasteiger partial charge on any atom is 0.259 e. The topological polar surface area (TPSA) is 67.2 Å². The minimum atomic E-state index is -0.203. The van der Waals surface area contributed by atoms with Crippen LogP contribution in [0, 0.1) is 0 Å². The van der Waals surface area contributed by atoms with Crippen molar-refractivity contribution in [2.45, 2.75) is 20.0 Å². The number of amides is 1. The molecule has 2 rings (SSSR count). The molecule has 0 fully saturated rings. The first-order chi connectivity index (χ1) is 9.15. The molecular weight excluding hydrogens is 242 g/mol. The lowest BCUT2D eigenvalue weighted by atomic mass is 10.1. The number of aliphatic hydroxyl groups excluding tert-OH is 1. The predicted molar refractivity (Wildman–Crippen MR) is 72.9 cm³/mol. The van der Waals surface area contributed by atoms with Crippen LogP contribution < -0.4 is 5.32 Å². The van der Waals surface area contributed by atoms with E-state index in [1.165, 1.54) is 0 Å². The van der Waals surface area contributed by atoms with Crippen LogP contribution in [-0.4, -0.2) is 20.8 Å². The number of para-hydroxylation sites is 1. The van der Waals surface area contributed by atoms with E-state index in [0.717, 1.165) is 5.69 Å². The van der Waals surface area contributed by atoms with Gasteiger partial charge in [-0.3, -0.25) is 9.48 Å². The molecule has 1 aromatic carbocycles. The highest BCUT2D eigenvalue weighted by Crippen LogP contribution is 2.17. The molecule has 100 valence electrons. The van der Waals surface area contributed by atoms with Crippen LogP contribution >= 0.6 is 0 Å². The van der Waals surface area contributed by atoms with E-state index in [2.05, 4.69) is 10.4 Å². The quantitative estimate of drug-likeness (QED) is 0.878. The number of anilines is 1. The van der Waals surface area contributed by atoms with Gasteiger partial charge in [0, 0.05) is 24.5 Å². The predicted octanol–water partition coefficient (Wildman–Crippen LogP) is 1.73. The molecule has 5 heteroatoms. The first-order valence-corrected chi connectivity index (χ1v) is 6.18. The Balaban J connectivity index is 2.25. The van der Waals surface area contributed by atoms with Crippen LogP contribution in [0.4, 0.5) is 5.69 Å². The standard InChI is InChI=1S/C14H17N3O2/c1-3-12-11(8-17(2)16-12)14(19)15-13-7-5-4-6-10(13)9-18/h4-8,18H,3,9H2,1-2H3,(H,15,19). The summed E-state index contributed by atoms with van der Waals surface area (Å²) in [5.74, 6) is -0.203. The van der Waals surface area contributed by atoms with Gasteiger partial charge in [-0.15, -0.1) is 0 Å². The average molecular weight is 259 g/mol. The third-order valence-corrected chi connectivity index (χ3v) is 2.92. The number of hydrogen-bond acceptors (Lipinski definition) is 3. The molecule has 1 aromatic heterocycles. The second-order valence-electron chi connectivity index (χ2n) is 4.29. The van der Waals surface area contributed by atoms with Crippen LogP contribution in [0.15, 0.2) is 30.5 Å². The number of hydrogen-bond donors (Lipinski definition) is 2. The Morgan fingerprint density at radius 2 is 2.16 bits per heavy atom. The third kappa shape index (κ3) is 2.82. The van der Waals surface area contributed by atoms with Gasteiger partial charge in [0.25, 0.3) is 5.91 Å². The lowest BCUT2D eigenvalue weighted by Gasteiger charge is -2.08. The fraction of sp³-hybridized carbons (Fsp3) is 0.286. The molecule has 0 radical (unpaired) electrons. The Morgan fingerprint density at radius 3 is 2.84 bits per heavy atom. The van der Waals surface area contributed by atoms with Crippen molar-refractivity contribution in [1.29, 1.82) is 0 Å². The molecule has 0 atom stereocenters. The van der Waals surface area contributed by atoms with Crippen molar-refractivity contribution in [3.05, 3.63) is 47.3 Å². The van der Waals surface area contributed by atoms with Crippen LogP contribution in [0.5, 0.6) is 0 Å². The number of aromatic nitrogens is 2. The van der Waals surface area contributed by atoms with Gasteiger partial charge in [-0.25, -0.2) is 0 Å². The Labute approximate surface area is 111 Å². The summed E-state index contributed by atoms with van der Waals surface area (Å²) in [6.45, 7) is 1.85. The van der Waals surface area contributed by atoms with Crippen molar-refractivity contribution >= 4 is 11.6 Å². The van der Waals surface area contributed by atoms with Gasteiger partial charge in [-0.1, -0.05) is 25.1 Å². The van der Waals surface area contributed by atoms with Crippen molar-refractivity contribution in [3.8, 4) is 0 Å². The lowest BCUT2D eigenvalue weighted by Crippen LogP contribution is -2.14. The molecule has 0 spiro atoms. The van der Waals surface area contributed by atoms with Crippen LogP contribution in [-0.2, 0) is 20.1 Å². The molecule has 0 aliphatic rings. The SMILES string of the molecule is CCc1nn(C)cc1C(=O)Nc1ccccc1CO. The number of rotatable bonds is 4. The number of aliphatic hydroxyl groups is 1. The van der Waals surface area contributed by atoms with E-state index >= 15 is 0 Å². The molecule has 0 saturated heterocycles. The molecule has 0 saturated carbocycles. The zero-order valence-corrected chi connectivity index (χ0v) is 11.1. The Bertz CT molecular complexity index is 590. The fourth-order valence-electron chi connectivity index (χ4n) is 1.96. The normalized spacial score (nSPS) is 10.5. The van der Waals surface area contributed by atoms with Gasteiger partial charge in [-0.2, -0.15) is 5.10 Å². The smallest absolute Gasteiger partial charge is 0.259 e. The zero-order valence-electron chi connectivity index (χ0n) is 11.1. The second kappa shape index (κ2) is 5.67. The minimum absolute atomic E-state index is 0.107. The van der Waals surface area contributed by atoms with Crippen LogP contribution in [0.2, 0.25) is 0 Å². The van der Waals surface area contributed by atoms with Gasteiger partial charge >= 0.3 is 0 Å². The van der Waals surface area contributed by atoms with Crippen molar-refractivity contribution < 1.29 is 9.90 Å². The first-order valence-electron chi connectivity index (χ1n) is 6.18. The molecule has 1 amide bonds. The van der Waals surface area contributed by atoms with E-state index in [9.17, 15) is 9.90 Å². The number of aryl methyl sites for hydroxylation is 2. The van der Waals surface area contributed by atoms with Gasteiger partial charge < -0.3 is 10.4 Å². The Hall–Kier alpha value is -2.14. The molecule has 2 aromatic rings. The zero-order chi connectivity index (χ0) is 13.8. The fourth-order valence-corrected chi connectivity index (χ4v) is 1.96. The van der Waals surface area contributed by atoms with Gasteiger partial charge in [0.15, 0.2) is 0 Å². The summed E-state index contributed by atoms with van der Waals surface area (Å²) in [5.41, 5.74) is 2.65. The summed E-state index contributed by atoms with van der Waals surface area (Å²) >= 11 is 0. The van der Waals surface area contributed by atoms with E-state index < -0.39 is 0 Å². The molecular formula is C14H17N3O2. The summed E-state index contributed by atoms with van der Waals surface area (Å²) in [4.78, 5) is 12.2. The van der Waals surface area contributed by atoms with Gasteiger partial charge in [0.2, 0.25) is 0 Å². The number of nitrogens with one attached hydrogen (secondary N) is 1. The lowest BCUT2D eigenvalue weighted by molar-refractivity contribution is 0.102. The molecule has 0 bridgehead atoms. The van der Waals surface area contributed by atoms with Crippen LogP contribution in [0.25, 0.3) is 0 Å². The largest absolute Gasteiger partial charge is 0.392 e. The molecule has 0 aliphatic carbocycles. The number of carbonyl (C=O) groups excluding carboxylic acids is 1. The number of nitrogens with zero attached hydrogens (tertiary/aromatic N) is 2. The highest BCUT2D eigenvalue weighted by Gasteiger charge is 2.15. The van der Waals surface area contributed by atoms with Gasteiger partial charge in [0.1, 0.15) is 0 Å². The van der Waals surface area contributed by atoms with Gasteiger partial charge in [0.05, 0.1) is 17.9 Å². The summed E-state index contributed by atoms with van der Waals surface area (Å²) in [7, 11) is 1.79. The summed E-state index contributed by atoms with van der Waals surface area (Å²) in [5, 5.41) is 16.3. The summed E-state index contributed by atoms with van der Waals surface area (Å²) < 4.78 is 1.63. The van der Waals surface area contributed by atoms with E-state index in [1.807, 2.05) is 19.1 Å². The molecule has 2 N–H and O–H groups in total. The Morgan fingerprint density at radius 1 is 1.42 bits per heavy atom. The molecule has 19 heavy (non-hydrogen) atoms. The van der Waals surface area contributed by atoms with Crippen molar-refractivity contribution in [3.63, 3.8) is 0 Å². The molecule has 0 unspecified atom stereocenters. The number of benzene rings is 1. The van der Waals surface area contributed by atoms with E-state index in [0.29, 0.717) is 23.2 Å². The second-order valence-corrected chi connectivity index (χ2v) is 4.29. The van der Waals surface area contributed by atoms with E-state index in [1.54, 1.807) is 30.1 Å². The minimum Gasteiger partial charge on any atom is -0.392 e. The Kier molecular flexibility index (Phi) is 3.97. The third-order valence-electron chi connectivity index (χ3n) is 2.92. The highest BCUT2D eigenvalue weighted by atomic mass is 16.3. The van der Waals surface area contributed by atoms with Crippen molar-refractivity contribution in [2.24, 2.45) is 7.05 Å². The first kappa shape index (κ1) is 13.3.